The average Bonchev–Trinajstić information content (AvgIpc) is 2.66. The minimum Gasteiger partial charge on any atom is -0.497 e. The Hall–Kier alpha value is -1.96. The van der Waals surface area contributed by atoms with Gasteiger partial charge in [-0.3, -0.25) is 0 Å². The first kappa shape index (κ1) is 17.8. The standard InChI is InChI=1S/C17H19ClN2O4S/c1-23-15-5-6-16(24-2)17(10-15)25(21,22)20(18)14-4-3-13-11-19-8-7-12(13)9-14/h3-6,9-10,19H,7-8,11H2,1-2H3. The van der Waals surface area contributed by atoms with Crippen LogP contribution in [0.2, 0.25) is 0 Å². The van der Waals surface area contributed by atoms with Crippen LogP contribution in [0.15, 0.2) is 41.3 Å². The van der Waals surface area contributed by atoms with Crippen LogP contribution < -0.4 is 18.6 Å². The molecule has 1 aliphatic heterocycles. The van der Waals surface area contributed by atoms with Gasteiger partial charge in [0.05, 0.1) is 19.9 Å². The van der Waals surface area contributed by atoms with Gasteiger partial charge in [0.2, 0.25) is 0 Å². The Bertz CT molecular complexity index is 886. The first-order valence-corrected chi connectivity index (χ1v) is 9.51. The SMILES string of the molecule is COc1ccc(OC)c(S(=O)(=O)N(Cl)c2ccc3c(c2)CCNC3)c1. The predicted molar refractivity (Wildman–Crippen MR) is 96.9 cm³/mol. The van der Waals surface area contributed by atoms with Crippen molar-refractivity contribution in [1.29, 1.82) is 0 Å². The number of nitrogens with zero attached hydrogens (tertiary/aromatic N) is 1. The lowest BCUT2D eigenvalue weighted by Gasteiger charge is -2.22. The molecule has 0 aliphatic carbocycles. The quantitative estimate of drug-likeness (QED) is 0.805. The Morgan fingerprint density at radius 3 is 2.60 bits per heavy atom. The van der Waals surface area contributed by atoms with Gasteiger partial charge < -0.3 is 14.8 Å². The van der Waals surface area contributed by atoms with Crippen molar-refractivity contribution in [2.45, 2.75) is 17.9 Å². The topological polar surface area (TPSA) is 67.9 Å². The van der Waals surface area contributed by atoms with Crippen LogP contribution in [0.25, 0.3) is 0 Å². The summed E-state index contributed by atoms with van der Waals surface area (Å²) in [7, 11) is -1.14. The highest BCUT2D eigenvalue weighted by Gasteiger charge is 2.28. The lowest BCUT2D eigenvalue weighted by Crippen LogP contribution is -2.25. The second-order valence-corrected chi connectivity index (χ2v) is 7.91. The van der Waals surface area contributed by atoms with Gasteiger partial charge in [-0.2, -0.15) is 12.2 Å². The Morgan fingerprint density at radius 1 is 1.08 bits per heavy atom. The molecule has 8 heteroatoms. The number of rotatable bonds is 5. The number of benzene rings is 2. The normalized spacial score (nSPS) is 13.9. The first-order chi connectivity index (χ1) is 12.0. The molecule has 0 aromatic heterocycles. The van der Waals surface area contributed by atoms with E-state index in [0.29, 0.717) is 11.4 Å². The molecule has 2 aromatic rings. The molecule has 6 nitrogen and oxygen atoms in total. The molecule has 0 saturated heterocycles. The van der Waals surface area contributed by atoms with Crippen LogP contribution in [0.5, 0.6) is 11.5 Å². The monoisotopic (exact) mass is 382 g/mol. The van der Waals surface area contributed by atoms with Crippen molar-refractivity contribution in [3.05, 3.63) is 47.5 Å². The summed E-state index contributed by atoms with van der Waals surface area (Å²) in [5.74, 6) is 0.606. The Morgan fingerprint density at radius 2 is 1.88 bits per heavy atom. The molecular weight excluding hydrogens is 364 g/mol. The van der Waals surface area contributed by atoms with Crippen LogP contribution in [0, 0.1) is 0 Å². The molecule has 0 saturated carbocycles. The van der Waals surface area contributed by atoms with E-state index in [0.717, 1.165) is 34.5 Å². The fraction of sp³-hybridized carbons (Fsp3) is 0.294. The lowest BCUT2D eigenvalue weighted by atomic mass is 10.0. The van der Waals surface area contributed by atoms with Gasteiger partial charge in [-0.15, -0.1) is 0 Å². The van der Waals surface area contributed by atoms with E-state index in [2.05, 4.69) is 5.32 Å². The van der Waals surface area contributed by atoms with Gasteiger partial charge in [0, 0.05) is 24.4 Å². The summed E-state index contributed by atoms with van der Waals surface area (Å²) in [6, 6.07) is 9.96. The maximum atomic E-state index is 13.0. The van der Waals surface area contributed by atoms with Gasteiger partial charge in [0.15, 0.2) is 0 Å². The van der Waals surface area contributed by atoms with Crippen molar-refractivity contribution in [3.8, 4) is 11.5 Å². The average molecular weight is 383 g/mol. The third kappa shape index (κ3) is 3.40. The number of hydrogen-bond acceptors (Lipinski definition) is 5. The molecule has 0 radical (unpaired) electrons. The molecule has 25 heavy (non-hydrogen) atoms. The molecule has 0 amide bonds. The van der Waals surface area contributed by atoms with E-state index in [1.807, 2.05) is 12.1 Å². The molecule has 2 aromatic carbocycles. The van der Waals surface area contributed by atoms with E-state index in [4.69, 9.17) is 21.3 Å². The van der Waals surface area contributed by atoms with E-state index in [1.165, 1.54) is 26.4 Å². The molecule has 1 aliphatic rings. The molecule has 134 valence electrons. The molecular formula is C17H19ClN2O4S. The van der Waals surface area contributed by atoms with Crippen LogP contribution >= 0.6 is 11.8 Å². The molecule has 0 spiro atoms. The van der Waals surface area contributed by atoms with Crippen LogP contribution in [-0.4, -0.2) is 29.2 Å². The summed E-state index contributed by atoms with van der Waals surface area (Å²) < 4.78 is 37.0. The van der Waals surface area contributed by atoms with Crippen molar-refractivity contribution in [1.82, 2.24) is 5.32 Å². The Kier molecular flexibility index (Phi) is 5.08. The lowest BCUT2D eigenvalue weighted by molar-refractivity contribution is 0.392. The minimum atomic E-state index is -4.02. The molecule has 0 fully saturated rings. The summed E-state index contributed by atoms with van der Waals surface area (Å²) in [6.07, 6.45) is 0.830. The Labute approximate surface area is 152 Å². The second kappa shape index (κ2) is 7.11. The number of nitrogens with one attached hydrogen (secondary N) is 1. The van der Waals surface area contributed by atoms with Crippen molar-refractivity contribution in [2.24, 2.45) is 0 Å². The molecule has 3 rings (SSSR count). The highest BCUT2D eigenvalue weighted by molar-refractivity contribution is 7.94. The number of anilines is 1. The molecule has 1 N–H and O–H groups in total. The third-order valence-corrected chi connectivity index (χ3v) is 6.39. The van der Waals surface area contributed by atoms with E-state index in [-0.39, 0.29) is 10.6 Å². The van der Waals surface area contributed by atoms with E-state index in [9.17, 15) is 8.42 Å². The fourth-order valence-electron chi connectivity index (χ4n) is 2.78. The fourth-order valence-corrected chi connectivity index (χ4v) is 4.35. The van der Waals surface area contributed by atoms with Gasteiger partial charge in [0.1, 0.15) is 16.4 Å². The predicted octanol–water partition coefficient (Wildman–Crippen LogP) is 2.70. The summed E-state index contributed by atoms with van der Waals surface area (Å²) >= 11 is 6.23. The second-order valence-electron chi connectivity index (χ2n) is 5.62. The summed E-state index contributed by atoms with van der Waals surface area (Å²) in [5.41, 5.74) is 2.64. The van der Waals surface area contributed by atoms with Gasteiger partial charge in [-0.25, -0.2) is 0 Å². The summed E-state index contributed by atoms with van der Waals surface area (Å²) in [5, 5.41) is 3.28. The van der Waals surface area contributed by atoms with Gasteiger partial charge in [-0.05, 0) is 48.4 Å². The highest BCUT2D eigenvalue weighted by atomic mass is 35.5. The Balaban J connectivity index is 2.02. The third-order valence-electron chi connectivity index (χ3n) is 4.14. The molecule has 0 atom stereocenters. The minimum absolute atomic E-state index is 0.0521. The largest absolute Gasteiger partial charge is 0.497 e. The van der Waals surface area contributed by atoms with Crippen molar-refractivity contribution in [3.63, 3.8) is 0 Å². The number of halogens is 1. The summed E-state index contributed by atoms with van der Waals surface area (Å²) in [4.78, 5) is -0.0521. The zero-order valence-corrected chi connectivity index (χ0v) is 15.5. The maximum absolute atomic E-state index is 13.0. The van der Waals surface area contributed by atoms with Crippen LogP contribution in [0.1, 0.15) is 11.1 Å². The number of ether oxygens (including phenoxy) is 2. The zero-order chi connectivity index (χ0) is 18.0. The van der Waals surface area contributed by atoms with Crippen LogP contribution in [0.3, 0.4) is 0 Å². The number of methoxy groups -OCH3 is 2. The number of fused-ring (bicyclic) bond motifs is 1. The van der Waals surface area contributed by atoms with Crippen molar-refractivity contribution < 1.29 is 17.9 Å². The summed E-state index contributed by atoms with van der Waals surface area (Å²) in [6.45, 7) is 1.63. The van der Waals surface area contributed by atoms with Gasteiger partial charge in [-0.1, -0.05) is 6.07 Å². The van der Waals surface area contributed by atoms with Crippen molar-refractivity contribution >= 4 is 27.5 Å². The smallest absolute Gasteiger partial charge is 0.281 e. The highest BCUT2D eigenvalue weighted by Crippen LogP contribution is 2.34. The van der Waals surface area contributed by atoms with Gasteiger partial charge in [0.25, 0.3) is 10.0 Å². The molecule has 1 heterocycles. The number of sulfonamides is 1. The maximum Gasteiger partial charge on any atom is 0.281 e. The molecule has 0 bridgehead atoms. The van der Waals surface area contributed by atoms with Crippen LogP contribution in [0.4, 0.5) is 5.69 Å². The van der Waals surface area contributed by atoms with Gasteiger partial charge >= 0.3 is 0 Å². The van der Waals surface area contributed by atoms with E-state index < -0.39 is 10.0 Å². The number of hydrogen-bond donors (Lipinski definition) is 1. The first-order valence-electron chi connectivity index (χ1n) is 7.73. The zero-order valence-electron chi connectivity index (χ0n) is 14.0. The van der Waals surface area contributed by atoms with E-state index >= 15 is 0 Å². The van der Waals surface area contributed by atoms with Crippen LogP contribution in [-0.2, 0) is 23.0 Å². The van der Waals surface area contributed by atoms with Crippen molar-refractivity contribution in [2.75, 3.05) is 24.6 Å². The van der Waals surface area contributed by atoms with E-state index in [1.54, 1.807) is 12.1 Å². The molecule has 0 unspecified atom stereocenters.